The van der Waals surface area contributed by atoms with Crippen LogP contribution in [0.2, 0.25) is 0 Å². The minimum Gasteiger partial charge on any atom is -0.409 e. The maximum absolute atomic E-state index is 9.21. The van der Waals surface area contributed by atoms with E-state index in [1.54, 1.807) is 0 Å². The van der Waals surface area contributed by atoms with Gasteiger partial charge in [0.1, 0.15) is 5.84 Å². The van der Waals surface area contributed by atoms with E-state index in [1.807, 2.05) is 6.07 Å². The van der Waals surface area contributed by atoms with Gasteiger partial charge in [0.25, 0.3) is 0 Å². The van der Waals surface area contributed by atoms with E-state index in [9.17, 15) is 5.21 Å². The zero-order chi connectivity index (χ0) is 11.7. The van der Waals surface area contributed by atoms with Gasteiger partial charge < -0.3 is 10.1 Å². The van der Waals surface area contributed by atoms with Gasteiger partial charge in [0, 0.05) is 19.0 Å². The first-order valence-electron chi connectivity index (χ1n) is 6.37. The van der Waals surface area contributed by atoms with Crippen molar-refractivity contribution in [1.82, 2.24) is 4.90 Å². The zero-order valence-corrected chi connectivity index (χ0v) is 9.92. The number of piperidine rings is 1. The molecule has 1 N–H and O–H groups in total. The Bertz CT molecular complexity index is 415. The summed E-state index contributed by atoms with van der Waals surface area (Å²) in [4.78, 5) is 2.25. The second-order valence-electron chi connectivity index (χ2n) is 5.18. The third kappa shape index (κ3) is 2.02. The summed E-state index contributed by atoms with van der Waals surface area (Å²) in [5.41, 5.74) is 1.33. The second kappa shape index (κ2) is 4.40. The number of hydrogen-bond acceptors (Lipinski definition) is 2. The molecule has 2 unspecified atom stereocenters. The molecule has 2 saturated heterocycles. The number of amidine groups is 1. The molecule has 1 aromatic carbocycles. The summed E-state index contributed by atoms with van der Waals surface area (Å²) in [7, 11) is 0. The van der Waals surface area contributed by atoms with E-state index in [2.05, 4.69) is 34.3 Å². The van der Waals surface area contributed by atoms with Crippen LogP contribution in [-0.4, -0.2) is 29.0 Å². The van der Waals surface area contributed by atoms with Crippen LogP contribution in [0.4, 0.5) is 0 Å². The van der Waals surface area contributed by atoms with Crippen LogP contribution in [0.3, 0.4) is 0 Å². The van der Waals surface area contributed by atoms with Crippen LogP contribution in [0.1, 0.15) is 18.4 Å². The molecule has 0 aromatic heterocycles. The first-order chi connectivity index (χ1) is 8.36. The molecule has 0 amide bonds. The van der Waals surface area contributed by atoms with Crippen LogP contribution in [0.5, 0.6) is 0 Å². The van der Waals surface area contributed by atoms with E-state index < -0.39 is 0 Å². The fraction of sp³-hybridized carbons (Fsp3) is 0.500. The molecule has 90 valence electrons. The maximum atomic E-state index is 9.21. The molecule has 0 spiro atoms. The number of hydrogen-bond donors (Lipinski definition) is 1. The Labute approximate surface area is 102 Å². The Morgan fingerprint density at radius 3 is 2.88 bits per heavy atom. The molecular weight excluding hydrogens is 212 g/mol. The van der Waals surface area contributed by atoms with E-state index in [4.69, 9.17) is 0 Å². The molecule has 2 fully saturated rings. The van der Waals surface area contributed by atoms with Gasteiger partial charge in [-0.05, 0) is 30.7 Å². The lowest BCUT2D eigenvalue weighted by atomic mass is 9.86. The highest BCUT2D eigenvalue weighted by Crippen LogP contribution is 2.33. The Kier molecular flexibility index (Phi) is 2.75. The highest BCUT2D eigenvalue weighted by atomic mass is 16.4. The highest BCUT2D eigenvalue weighted by molar-refractivity contribution is 5.85. The number of fused-ring (bicyclic) bond motifs is 2. The molecule has 1 aromatic rings. The summed E-state index contributed by atoms with van der Waals surface area (Å²) in [6, 6.07) is 10.5. The van der Waals surface area contributed by atoms with Gasteiger partial charge in [-0.15, -0.1) is 0 Å². The summed E-state index contributed by atoms with van der Waals surface area (Å²) in [5, 5.41) is 12.8. The molecule has 2 aliphatic rings. The summed E-state index contributed by atoms with van der Waals surface area (Å²) in [6.45, 7) is 2.15. The lowest BCUT2D eigenvalue weighted by Gasteiger charge is -2.32. The van der Waals surface area contributed by atoms with E-state index in [-0.39, 0.29) is 0 Å². The van der Waals surface area contributed by atoms with Gasteiger partial charge in [-0.1, -0.05) is 35.5 Å². The molecule has 2 heterocycles. The first-order valence-corrected chi connectivity index (χ1v) is 6.37. The van der Waals surface area contributed by atoms with Crippen molar-refractivity contribution >= 4 is 5.84 Å². The largest absolute Gasteiger partial charge is 0.409 e. The van der Waals surface area contributed by atoms with Gasteiger partial charge in [0.2, 0.25) is 0 Å². The van der Waals surface area contributed by atoms with E-state index in [1.165, 1.54) is 18.4 Å². The number of benzene rings is 1. The van der Waals surface area contributed by atoms with Crippen molar-refractivity contribution in [1.29, 1.82) is 0 Å². The Morgan fingerprint density at radius 1 is 1.29 bits per heavy atom. The predicted octanol–water partition coefficient (Wildman–Crippen LogP) is 2.36. The zero-order valence-electron chi connectivity index (χ0n) is 9.92. The third-order valence-electron chi connectivity index (χ3n) is 4.02. The standard InChI is InChI=1S/C14H18N2O/c17-15-14-13(8-11-4-2-1-3-5-11)9-12-6-7-16(14)10-12/h1-5,12-13,17H,6-10H2. The van der Waals surface area contributed by atoms with Crippen molar-refractivity contribution < 1.29 is 5.21 Å². The van der Waals surface area contributed by atoms with E-state index in [0.717, 1.165) is 31.3 Å². The molecule has 2 atom stereocenters. The molecule has 17 heavy (non-hydrogen) atoms. The van der Waals surface area contributed by atoms with Gasteiger partial charge >= 0.3 is 0 Å². The number of rotatable bonds is 2. The van der Waals surface area contributed by atoms with Crippen LogP contribution in [0.15, 0.2) is 35.5 Å². The Hall–Kier alpha value is -1.51. The average molecular weight is 230 g/mol. The van der Waals surface area contributed by atoms with Gasteiger partial charge in [0.05, 0.1) is 0 Å². The Balaban J connectivity index is 1.78. The summed E-state index contributed by atoms with van der Waals surface area (Å²) in [6.07, 6.45) is 3.42. The van der Waals surface area contributed by atoms with Crippen molar-refractivity contribution in [3.05, 3.63) is 35.9 Å². The predicted molar refractivity (Wildman–Crippen MR) is 67.2 cm³/mol. The lowest BCUT2D eigenvalue weighted by molar-refractivity contribution is 0.278. The van der Waals surface area contributed by atoms with Crippen molar-refractivity contribution in [2.75, 3.05) is 13.1 Å². The topological polar surface area (TPSA) is 35.8 Å². The molecule has 3 heteroatoms. The van der Waals surface area contributed by atoms with Crippen molar-refractivity contribution in [2.24, 2.45) is 17.0 Å². The minimum absolute atomic E-state index is 0.392. The first kappa shape index (κ1) is 10.6. The van der Waals surface area contributed by atoms with Crippen LogP contribution in [-0.2, 0) is 6.42 Å². The average Bonchev–Trinajstić information content (AvgIpc) is 2.74. The van der Waals surface area contributed by atoms with Crippen molar-refractivity contribution in [3.63, 3.8) is 0 Å². The van der Waals surface area contributed by atoms with Gasteiger partial charge in [-0.25, -0.2) is 0 Å². The minimum atomic E-state index is 0.392. The highest BCUT2D eigenvalue weighted by Gasteiger charge is 2.37. The lowest BCUT2D eigenvalue weighted by Crippen LogP contribution is -2.40. The second-order valence-corrected chi connectivity index (χ2v) is 5.18. The Morgan fingerprint density at radius 2 is 2.12 bits per heavy atom. The van der Waals surface area contributed by atoms with Crippen LogP contribution in [0, 0.1) is 11.8 Å². The van der Waals surface area contributed by atoms with Crippen LogP contribution in [0.25, 0.3) is 0 Å². The quantitative estimate of drug-likeness (QED) is 0.625. The SMILES string of the molecule is ON=C1C(Cc2ccccc2)CC2CCN1C2. The third-order valence-corrected chi connectivity index (χ3v) is 4.02. The maximum Gasteiger partial charge on any atom is 0.147 e. The summed E-state index contributed by atoms with van der Waals surface area (Å²) < 4.78 is 0. The van der Waals surface area contributed by atoms with Crippen molar-refractivity contribution in [2.45, 2.75) is 19.3 Å². The molecule has 2 bridgehead atoms. The fourth-order valence-corrected chi connectivity index (χ4v) is 3.22. The molecule has 3 rings (SSSR count). The molecule has 2 aliphatic heterocycles. The van der Waals surface area contributed by atoms with Gasteiger partial charge in [0.15, 0.2) is 0 Å². The van der Waals surface area contributed by atoms with Crippen LogP contribution < -0.4 is 0 Å². The summed E-state index contributed by atoms with van der Waals surface area (Å²) in [5.74, 6) is 2.10. The van der Waals surface area contributed by atoms with Crippen LogP contribution >= 0.6 is 0 Å². The summed E-state index contributed by atoms with van der Waals surface area (Å²) >= 11 is 0. The molecule has 3 nitrogen and oxygen atoms in total. The van der Waals surface area contributed by atoms with Gasteiger partial charge in [-0.2, -0.15) is 0 Å². The fourth-order valence-electron chi connectivity index (χ4n) is 3.22. The number of oxime groups is 1. The van der Waals surface area contributed by atoms with E-state index in [0.29, 0.717) is 5.92 Å². The van der Waals surface area contributed by atoms with E-state index >= 15 is 0 Å². The monoisotopic (exact) mass is 230 g/mol. The molecule has 0 radical (unpaired) electrons. The normalized spacial score (nSPS) is 29.9. The van der Waals surface area contributed by atoms with Gasteiger partial charge in [-0.3, -0.25) is 0 Å². The van der Waals surface area contributed by atoms with Crippen molar-refractivity contribution in [3.8, 4) is 0 Å². The smallest absolute Gasteiger partial charge is 0.147 e. The molecular formula is C14H18N2O. The molecule has 0 saturated carbocycles. The molecule has 0 aliphatic carbocycles. The number of nitrogens with zero attached hydrogens (tertiary/aromatic N) is 2.